The minimum absolute atomic E-state index is 0.203. The van der Waals surface area contributed by atoms with Gasteiger partial charge in [0, 0.05) is 6.21 Å². The molecule has 1 nitrogen and oxygen atoms in total. The van der Waals surface area contributed by atoms with Gasteiger partial charge in [0.05, 0.1) is 12.5 Å². The van der Waals surface area contributed by atoms with Gasteiger partial charge in [-0.2, -0.15) is 0 Å². The summed E-state index contributed by atoms with van der Waals surface area (Å²) in [4.78, 5) is 3.92. The van der Waals surface area contributed by atoms with Crippen LogP contribution in [0.15, 0.2) is 29.3 Å². The number of rotatable bonds is 1. The Bertz CT molecular complexity index is 333. The maximum Gasteiger partial charge on any atom is 0.247 e. The zero-order chi connectivity index (χ0) is 9.26. The first-order chi connectivity index (χ1) is 6.29. The molecule has 1 unspecified atom stereocenters. The van der Waals surface area contributed by atoms with E-state index in [1.165, 1.54) is 0 Å². The Hall–Kier alpha value is -1.25. The van der Waals surface area contributed by atoms with E-state index in [-0.39, 0.29) is 6.54 Å². The van der Waals surface area contributed by atoms with Crippen molar-refractivity contribution in [3.05, 3.63) is 35.4 Å². The van der Waals surface area contributed by atoms with Crippen LogP contribution in [0, 0.1) is 0 Å². The first kappa shape index (κ1) is 8.35. The Morgan fingerprint density at radius 3 is 2.85 bits per heavy atom. The molecule has 1 aromatic rings. The molecule has 1 aliphatic heterocycles. The molecule has 1 aromatic carbocycles. The predicted molar refractivity (Wildman–Crippen MR) is 47.6 cm³/mol. The Balaban J connectivity index is 2.43. The lowest BCUT2D eigenvalue weighted by Crippen LogP contribution is -2.17. The second-order valence-electron chi connectivity index (χ2n) is 3.06. The molecule has 0 bridgehead atoms. The number of aliphatic imine (C=N–C) groups is 1. The topological polar surface area (TPSA) is 12.4 Å². The molecule has 1 heterocycles. The molecule has 0 aromatic heterocycles. The second-order valence-corrected chi connectivity index (χ2v) is 3.06. The summed E-state index contributed by atoms with van der Waals surface area (Å²) in [6.45, 7) is 0.203. The van der Waals surface area contributed by atoms with Crippen LogP contribution < -0.4 is 0 Å². The van der Waals surface area contributed by atoms with Crippen molar-refractivity contribution in [1.29, 1.82) is 0 Å². The molecule has 0 N–H and O–H groups in total. The van der Waals surface area contributed by atoms with Crippen molar-refractivity contribution in [2.24, 2.45) is 4.99 Å². The summed E-state index contributed by atoms with van der Waals surface area (Å²) in [7, 11) is 0. The predicted octanol–water partition coefficient (Wildman–Crippen LogP) is 2.47. The van der Waals surface area contributed by atoms with Crippen molar-refractivity contribution in [2.75, 3.05) is 6.54 Å². The van der Waals surface area contributed by atoms with Gasteiger partial charge >= 0.3 is 0 Å². The number of halogens is 2. The minimum atomic E-state index is -2.32. The van der Waals surface area contributed by atoms with Crippen molar-refractivity contribution in [3.63, 3.8) is 0 Å². The fourth-order valence-corrected chi connectivity index (χ4v) is 1.54. The van der Waals surface area contributed by atoms with Gasteiger partial charge in [0.1, 0.15) is 0 Å². The SMILES string of the molecule is FC(F)C1CN=Cc2ccccc21. The molecule has 13 heavy (non-hydrogen) atoms. The summed E-state index contributed by atoms with van der Waals surface area (Å²) in [5.74, 6) is -0.721. The van der Waals surface area contributed by atoms with Gasteiger partial charge < -0.3 is 0 Å². The van der Waals surface area contributed by atoms with Crippen molar-refractivity contribution in [2.45, 2.75) is 12.3 Å². The van der Waals surface area contributed by atoms with Crippen LogP contribution in [0.3, 0.4) is 0 Å². The maximum absolute atomic E-state index is 12.5. The summed E-state index contributed by atoms with van der Waals surface area (Å²) >= 11 is 0. The zero-order valence-electron chi connectivity index (χ0n) is 6.95. The van der Waals surface area contributed by atoms with Crippen molar-refractivity contribution >= 4 is 6.21 Å². The largest absolute Gasteiger partial charge is 0.292 e. The first-order valence-corrected chi connectivity index (χ1v) is 4.16. The van der Waals surface area contributed by atoms with Gasteiger partial charge in [0.2, 0.25) is 6.43 Å². The number of benzene rings is 1. The van der Waals surface area contributed by atoms with Crippen LogP contribution in [0.5, 0.6) is 0 Å². The summed E-state index contributed by atoms with van der Waals surface area (Å²) in [6.07, 6.45) is -0.660. The van der Waals surface area contributed by atoms with Gasteiger partial charge in [-0.15, -0.1) is 0 Å². The van der Waals surface area contributed by atoms with Gasteiger partial charge in [-0.25, -0.2) is 8.78 Å². The molecule has 1 aliphatic rings. The van der Waals surface area contributed by atoms with Crippen LogP contribution in [0.25, 0.3) is 0 Å². The van der Waals surface area contributed by atoms with Gasteiger partial charge in [0.15, 0.2) is 0 Å². The highest BCUT2D eigenvalue weighted by molar-refractivity contribution is 5.83. The van der Waals surface area contributed by atoms with E-state index in [9.17, 15) is 8.78 Å². The van der Waals surface area contributed by atoms with E-state index in [1.807, 2.05) is 12.1 Å². The van der Waals surface area contributed by atoms with E-state index in [2.05, 4.69) is 4.99 Å². The van der Waals surface area contributed by atoms with Crippen molar-refractivity contribution in [3.8, 4) is 0 Å². The quantitative estimate of drug-likeness (QED) is 0.631. The van der Waals surface area contributed by atoms with E-state index in [4.69, 9.17) is 0 Å². The summed E-state index contributed by atoms with van der Waals surface area (Å²) in [5.41, 5.74) is 1.53. The molecule has 0 aliphatic carbocycles. The average molecular weight is 181 g/mol. The highest BCUT2D eigenvalue weighted by Crippen LogP contribution is 2.28. The lowest BCUT2D eigenvalue weighted by Gasteiger charge is -2.19. The van der Waals surface area contributed by atoms with Crippen LogP contribution in [-0.4, -0.2) is 19.2 Å². The lowest BCUT2D eigenvalue weighted by molar-refractivity contribution is 0.116. The molecular weight excluding hydrogens is 172 g/mol. The molecule has 0 saturated carbocycles. The molecule has 0 fully saturated rings. The van der Waals surface area contributed by atoms with E-state index in [1.54, 1.807) is 18.3 Å². The standard InChI is InChI=1S/C10H9F2N/c11-10(12)9-6-13-5-7-3-1-2-4-8(7)9/h1-5,9-10H,6H2. The van der Waals surface area contributed by atoms with Crippen LogP contribution in [0.4, 0.5) is 8.78 Å². The smallest absolute Gasteiger partial charge is 0.247 e. The molecule has 3 heteroatoms. The van der Waals surface area contributed by atoms with Crippen molar-refractivity contribution in [1.82, 2.24) is 0 Å². The monoisotopic (exact) mass is 181 g/mol. The number of alkyl halides is 2. The molecule has 68 valence electrons. The van der Waals surface area contributed by atoms with Crippen LogP contribution >= 0.6 is 0 Å². The molecule has 0 radical (unpaired) electrons. The highest BCUT2D eigenvalue weighted by Gasteiger charge is 2.25. The number of fused-ring (bicyclic) bond motifs is 1. The average Bonchev–Trinajstić information content (AvgIpc) is 2.17. The molecule has 1 atom stereocenters. The van der Waals surface area contributed by atoms with Gasteiger partial charge in [-0.1, -0.05) is 24.3 Å². The van der Waals surface area contributed by atoms with Crippen LogP contribution in [0.2, 0.25) is 0 Å². The lowest BCUT2D eigenvalue weighted by atomic mass is 9.93. The Labute approximate surface area is 75.1 Å². The molecule has 0 spiro atoms. The number of hydrogen-bond donors (Lipinski definition) is 0. The van der Waals surface area contributed by atoms with Gasteiger partial charge in [0.25, 0.3) is 0 Å². The maximum atomic E-state index is 12.5. The molecule has 0 saturated heterocycles. The van der Waals surface area contributed by atoms with E-state index in [0.717, 1.165) is 5.56 Å². The minimum Gasteiger partial charge on any atom is -0.292 e. The molecule has 2 rings (SSSR count). The Kier molecular flexibility index (Phi) is 2.08. The Morgan fingerprint density at radius 1 is 1.31 bits per heavy atom. The second kappa shape index (κ2) is 3.24. The summed E-state index contributed by atoms with van der Waals surface area (Å²) in [6, 6.07) is 7.18. The first-order valence-electron chi connectivity index (χ1n) is 4.16. The van der Waals surface area contributed by atoms with Crippen LogP contribution in [-0.2, 0) is 0 Å². The Morgan fingerprint density at radius 2 is 2.08 bits per heavy atom. The van der Waals surface area contributed by atoms with E-state index >= 15 is 0 Å². The van der Waals surface area contributed by atoms with E-state index < -0.39 is 12.3 Å². The fraction of sp³-hybridized carbons (Fsp3) is 0.300. The number of hydrogen-bond acceptors (Lipinski definition) is 1. The normalized spacial score (nSPS) is 20.4. The molecule has 0 amide bonds. The number of nitrogens with zero attached hydrogens (tertiary/aromatic N) is 1. The summed E-state index contributed by atoms with van der Waals surface area (Å²) in [5, 5.41) is 0. The third kappa shape index (κ3) is 1.46. The van der Waals surface area contributed by atoms with Gasteiger partial charge in [-0.3, -0.25) is 4.99 Å². The third-order valence-electron chi connectivity index (χ3n) is 2.23. The third-order valence-corrected chi connectivity index (χ3v) is 2.23. The van der Waals surface area contributed by atoms with Crippen molar-refractivity contribution < 1.29 is 8.78 Å². The highest BCUT2D eigenvalue weighted by atomic mass is 19.3. The summed E-state index contributed by atoms with van der Waals surface area (Å²) < 4.78 is 25.1. The van der Waals surface area contributed by atoms with E-state index in [0.29, 0.717) is 5.56 Å². The zero-order valence-corrected chi connectivity index (χ0v) is 6.95. The van der Waals surface area contributed by atoms with Gasteiger partial charge in [-0.05, 0) is 11.1 Å². The van der Waals surface area contributed by atoms with Crippen LogP contribution in [0.1, 0.15) is 17.0 Å². The molecular formula is C10H9F2N. The fourth-order valence-electron chi connectivity index (χ4n) is 1.54.